The molecule has 0 radical (unpaired) electrons. The summed E-state index contributed by atoms with van der Waals surface area (Å²) in [5.74, 6) is -0.0519. The summed E-state index contributed by atoms with van der Waals surface area (Å²) in [5.41, 5.74) is 2.26. The van der Waals surface area contributed by atoms with E-state index in [-0.39, 0.29) is 11.9 Å². The summed E-state index contributed by atoms with van der Waals surface area (Å²) < 4.78 is 0. The van der Waals surface area contributed by atoms with E-state index in [4.69, 9.17) is 5.26 Å². The molecule has 0 aromatic heterocycles. The van der Waals surface area contributed by atoms with Crippen LogP contribution >= 0.6 is 0 Å². The van der Waals surface area contributed by atoms with E-state index in [1.807, 2.05) is 26.0 Å². The molecule has 0 saturated carbocycles. The Hall–Kier alpha value is -2.02. The molecule has 0 saturated heterocycles. The standard InChI is InChI=1S/C14H19N3O/c1-4-8-16-14(18)11(3)17-13-10(2)6-5-7-12(13)9-15/h5-7,11,17H,4,8H2,1-3H3,(H,16,18). The van der Waals surface area contributed by atoms with Gasteiger partial charge in [0.25, 0.3) is 0 Å². The Balaban J connectivity index is 2.79. The number of nitrogens with one attached hydrogen (secondary N) is 2. The second-order valence-corrected chi connectivity index (χ2v) is 4.27. The van der Waals surface area contributed by atoms with Crippen LogP contribution in [0.2, 0.25) is 0 Å². The number of carbonyl (C=O) groups is 1. The maximum atomic E-state index is 11.8. The number of nitrogens with zero attached hydrogens (tertiary/aromatic N) is 1. The SMILES string of the molecule is CCCNC(=O)C(C)Nc1c(C)cccc1C#N. The van der Waals surface area contributed by atoms with E-state index in [2.05, 4.69) is 16.7 Å². The van der Waals surface area contributed by atoms with Crippen molar-refractivity contribution in [2.45, 2.75) is 33.2 Å². The van der Waals surface area contributed by atoms with Crippen LogP contribution in [0.15, 0.2) is 18.2 Å². The van der Waals surface area contributed by atoms with Crippen molar-refractivity contribution in [2.24, 2.45) is 0 Å². The maximum Gasteiger partial charge on any atom is 0.242 e. The van der Waals surface area contributed by atoms with Crippen molar-refractivity contribution < 1.29 is 4.79 Å². The Morgan fingerprint density at radius 3 is 2.83 bits per heavy atom. The first kappa shape index (κ1) is 14.0. The van der Waals surface area contributed by atoms with Crippen LogP contribution in [0.1, 0.15) is 31.4 Å². The van der Waals surface area contributed by atoms with Crippen molar-refractivity contribution >= 4 is 11.6 Å². The minimum atomic E-state index is -0.357. The van der Waals surface area contributed by atoms with Crippen molar-refractivity contribution in [2.75, 3.05) is 11.9 Å². The van der Waals surface area contributed by atoms with Gasteiger partial charge < -0.3 is 10.6 Å². The number of hydrogen-bond acceptors (Lipinski definition) is 3. The molecule has 1 atom stereocenters. The largest absolute Gasteiger partial charge is 0.373 e. The Bertz CT molecular complexity index is 463. The molecule has 0 aliphatic carbocycles. The summed E-state index contributed by atoms with van der Waals surface area (Å²) >= 11 is 0. The predicted molar refractivity (Wildman–Crippen MR) is 72.3 cm³/mol. The summed E-state index contributed by atoms with van der Waals surface area (Å²) in [6, 6.07) is 7.27. The Morgan fingerprint density at radius 1 is 1.50 bits per heavy atom. The van der Waals surface area contributed by atoms with Crippen LogP contribution in [-0.2, 0) is 4.79 Å². The van der Waals surface area contributed by atoms with Crippen LogP contribution in [-0.4, -0.2) is 18.5 Å². The lowest BCUT2D eigenvalue weighted by molar-refractivity contribution is -0.121. The Morgan fingerprint density at radius 2 is 2.22 bits per heavy atom. The van der Waals surface area contributed by atoms with Gasteiger partial charge in [-0.2, -0.15) is 5.26 Å². The van der Waals surface area contributed by atoms with Crippen molar-refractivity contribution in [3.05, 3.63) is 29.3 Å². The maximum absolute atomic E-state index is 11.8. The van der Waals surface area contributed by atoms with E-state index >= 15 is 0 Å². The minimum Gasteiger partial charge on any atom is -0.373 e. The van der Waals surface area contributed by atoms with Gasteiger partial charge in [0.2, 0.25) is 5.91 Å². The fourth-order valence-corrected chi connectivity index (χ4v) is 1.64. The van der Waals surface area contributed by atoms with Crippen LogP contribution in [0.25, 0.3) is 0 Å². The quantitative estimate of drug-likeness (QED) is 0.835. The van der Waals surface area contributed by atoms with Gasteiger partial charge in [-0.25, -0.2) is 0 Å². The van der Waals surface area contributed by atoms with Gasteiger partial charge in [0, 0.05) is 6.54 Å². The molecule has 4 heteroatoms. The summed E-state index contributed by atoms with van der Waals surface area (Å²) in [5, 5.41) is 15.0. The number of nitriles is 1. The van der Waals surface area contributed by atoms with Gasteiger partial charge in [-0.05, 0) is 31.9 Å². The predicted octanol–water partition coefficient (Wildman–Crippen LogP) is 2.19. The molecule has 4 nitrogen and oxygen atoms in total. The first-order chi connectivity index (χ1) is 8.60. The molecule has 18 heavy (non-hydrogen) atoms. The number of aryl methyl sites for hydroxylation is 1. The number of rotatable bonds is 5. The number of benzene rings is 1. The van der Waals surface area contributed by atoms with Crippen LogP contribution in [0.4, 0.5) is 5.69 Å². The third-order valence-electron chi connectivity index (χ3n) is 2.70. The lowest BCUT2D eigenvalue weighted by Gasteiger charge is -2.17. The second-order valence-electron chi connectivity index (χ2n) is 4.27. The normalized spacial score (nSPS) is 11.4. The topological polar surface area (TPSA) is 64.9 Å². The number of hydrogen-bond donors (Lipinski definition) is 2. The molecule has 96 valence electrons. The van der Waals surface area contributed by atoms with E-state index < -0.39 is 0 Å². The first-order valence-electron chi connectivity index (χ1n) is 6.14. The average molecular weight is 245 g/mol. The molecule has 0 aliphatic heterocycles. The molecule has 1 aromatic carbocycles. The van der Waals surface area contributed by atoms with E-state index in [9.17, 15) is 4.79 Å². The highest BCUT2D eigenvalue weighted by Crippen LogP contribution is 2.20. The van der Waals surface area contributed by atoms with Crippen molar-refractivity contribution in [3.8, 4) is 6.07 Å². The fourth-order valence-electron chi connectivity index (χ4n) is 1.64. The Labute approximate surface area is 108 Å². The van der Waals surface area contributed by atoms with Gasteiger partial charge in [0.05, 0.1) is 11.3 Å². The molecule has 1 rings (SSSR count). The highest BCUT2D eigenvalue weighted by Gasteiger charge is 2.14. The van der Waals surface area contributed by atoms with Crippen LogP contribution in [0.5, 0.6) is 0 Å². The second kappa shape index (κ2) is 6.65. The fraction of sp³-hybridized carbons (Fsp3) is 0.429. The molecule has 2 N–H and O–H groups in total. The summed E-state index contributed by atoms with van der Waals surface area (Å²) in [6.45, 7) is 6.38. The molecule has 0 fully saturated rings. The van der Waals surface area contributed by atoms with E-state index in [0.717, 1.165) is 17.7 Å². The number of amides is 1. The first-order valence-corrected chi connectivity index (χ1v) is 6.14. The molecule has 1 unspecified atom stereocenters. The van der Waals surface area contributed by atoms with E-state index in [0.29, 0.717) is 12.1 Å². The third-order valence-corrected chi connectivity index (χ3v) is 2.70. The van der Waals surface area contributed by atoms with Gasteiger partial charge >= 0.3 is 0 Å². The van der Waals surface area contributed by atoms with Gasteiger partial charge in [-0.1, -0.05) is 19.1 Å². The van der Waals surface area contributed by atoms with Gasteiger partial charge in [-0.15, -0.1) is 0 Å². The zero-order chi connectivity index (χ0) is 13.5. The van der Waals surface area contributed by atoms with Crippen LogP contribution in [0, 0.1) is 18.3 Å². The smallest absolute Gasteiger partial charge is 0.242 e. The molecule has 0 heterocycles. The molecule has 0 spiro atoms. The molecule has 0 bridgehead atoms. The van der Waals surface area contributed by atoms with E-state index in [1.165, 1.54) is 0 Å². The molecular formula is C14H19N3O. The van der Waals surface area contributed by atoms with Crippen molar-refractivity contribution in [1.82, 2.24) is 5.32 Å². The molecule has 1 amide bonds. The Kier molecular flexibility index (Phi) is 5.19. The zero-order valence-electron chi connectivity index (χ0n) is 11.1. The molecule has 1 aromatic rings. The lowest BCUT2D eigenvalue weighted by atomic mass is 10.1. The third kappa shape index (κ3) is 3.49. The molecule has 0 aliphatic rings. The van der Waals surface area contributed by atoms with Crippen LogP contribution < -0.4 is 10.6 Å². The lowest BCUT2D eigenvalue weighted by Crippen LogP contribution is -2.38. The number of anilines is 1. The summed E-state index contributed by atoms with van der Waals surface area (Å²) in [6.07, 6.45) is 0.909. The van der Waals surface area contributed by atoms with Gasteiger partial charge in [0.15, 0.2) is 0 Å². The minimum absolute atomic E-state index is 0.0519. The van der Waals surface area contributed by atoms with Crippen molar-refractivity contribution in [3.63, 3.8) is 0 Å². The van der Waals surface area contributed by atoms with Crippen LogP contribution in [0.3, 0.4) is 0 Å². The average Bonchev–Trinajstić information content (AvgIpc) is 2.38. The van der Waals surface area contributed by atoms with Gasteiger partial charge in [0.1, 0.15) is 12.1 Å². The van der Waals surface area contributed by atoms with Gasteiger partial charge in [-0.3, -0.25) is 4.79 Å². The highest BCUT2D eigenvalue weighted by molar-refractivity contribution is 5.85. The number of para-hydroxylation sites is 1. The summed E-state index contributed by atoms with van der Waals surface area (Å²) in [4.78, 5) is 11.8. The van der Waals surface area contributed by atoms with E-state index in [1.54, 1.807) is 13.0 Å². The number of carbonyl (C=O) groups excluding carboxylic acids is 1. The summed E-state index contributed by atoms with van der Waals surface area (Å²) in [7, 11) is 0. The molecular weight excluding hydrogens is 226 g/mol. The van der Waals surface area contributed by atoms with Crippen molar-refractivity contribution in [1.29, 1.82) is 5.26 Å². The monoisotopic (exact) mass is 245 g/mol. The zero-order valence-corrected chi connectivity index (χ0v) is 11.1. The highest BCUT2D eigenvalue weighted by atomic mass is 16.2.